The van der Waals surface area contributed by atoms with Crippen LogP contribution in [0.25, 0.3) is 0 Å². The average Bonchev–Trinajstić information content (AvgIpc) is 2.14. The molecule has 0 fully saturated rings. The van der Waals surface area contributed by atoms with E-state index in [1.54, 1.807) is 0 Å². The van der Waals surface area contributed by atoms with E-state index in [9.17, 15) is 0 Å². The highest BCUT2D eigenvalue weighted by Gasteiger charge is 2.00. The van der Waals surface area contributed by atoms with Gasteiger partial charge in [0.05, 0.1) is 0 Å². The molecule has 0 aliphatic rings. The first-order valence-corrected chi connectivity index (χ1v) is 4.42. The lowest BCUT2D eigenvalue weighted by molar-refractivity contribution is 0.991. The molecular formula is C9H12ClN3. The Balaban J connectivity index is 2.98. The normalized spacial score (nSPS) is 11.5. The van der Waals surface area contributed by atoms with E-state index in [-0.39, 0.29) is 0 Å². The number of hydrogen-bond acceptors (Lipinski definition) is 2. The van der Waals surface area contributed by atoms with Crippen LogP contribution in [0.15, 0.2) is 29.3 Å². The molecule has 1 aromatic carbocycles. The third kappa shape index (κ3) is 2.72. The molecule has 13 heavy (non-hydrogen) atoms. The second-order valence-electron chi connectivity index (χ2n) is 2.48. The first-order chi connectivity index (χ1) is 6.27. The van der Waals surface area contributed by atoms with Crippen LogP contribution in [0, 0.1) is 0 Å². The van der Waals surface area contributed by atoms with E-state index in [0.29, 0.717) is 17.4 Å². The predicted octanol–water partition coefficient (Wildman–Crippen LogP) is 1.57. The van der Waals surface area contributed by atoms with Crippen molar-refractivity contribution in [2.24, 2.45) is 10.8 Å². The Kier molecular flexibility index (Phi) is 3.73. The monoisotopic (exact) mass is 197 g/mol. The first-order valence-electron chi connectivity index (χ1n) is 4.05. The van der Waals surface area contributed by atoms with E-state index in [0.717, 1.165) is 5.56 Å². The number of nitrogens with zero attached hydrogens (tertiary/aromatic N) is 1. The van der Waals surface area contributed by atoms with Gasteiger partial charge in [0, 0.05) is 17.1 Å². The minimum atomic E-state index is 0.657. The van der Waals surface area contributed by atoms with Crippen molar-refractivity contribution in [2.45, 2.75) is 6.92 Å². The van der Waals surface area contributed by atoms with E-state index >= 15 is 0 Å². The highest BCUT2D eigenvalue weighted by molar-refractivity contribution is 6.31. The molecule has 0 heterocycles. The van der Waals surface area contributed by atoms with Crippen molar-refractivity contribution in [3.8, 4) is 0 Å². The molecule has 0 saturated carbocycles. The summed E-state index contributed by atoms with van der Waals surface area (Å²) in [5.41, 5.74) is 3.44. The highest BCUT2D eigenvalue weighted by Crippen LogP contribution is 2.10. The maximum Gasteiger partial charge on any atom is 0.142 e. The van der Waals surface area contributed by atoms with Crippen molar-refractivity contribution in [1.82, 2.24) is 5.43 Å². The summed E-state index contributed by atoms with van der Waals surface area (Å²) in [5, 5.41) is 0.677. The lowest BCUT2D eigenvalue weighted by atomic mass is 10.2. The van der Waals surface area contributed by atoms with Gasteiger partial charge in [0.25, 0.3) is 0 Å². The van der Waals surface area contributed by atoms with Crippen molar-refractivity contribution in [1.29, 1.82) is 0 Å². The third-order valence-electron chi connectivity index (χ3n) is 1.55. The van der Waals surface area contributed by atoms with E-state index in [4.69, 9.17) is 17.4 Å². The van der Waals surface area contributed by atoms with Crippen molar-refractivity contribution in [3.05, 3.63) is 34.9 Å². The average molecular weight is 198 g/mol. The number of hydrazine groups is 1. The number of amidine groups is 1. The quantitative estimate of drug-likeness (QED) is 0.327. The Hall–Kier alpha value is -1.06. The first kappa shape index (κ1) is 10.0. The molecule has 1 aromatic rings. The maximum absolute atomic E-state index is 5.82. The largest absolute Gasteiger partial charge is 0.308 e. The van der Waals surface area contributed by atoms with Crippen molar-refractivity contribution >= 4 is 17.4 Å². The van der Waals surface area contributed by atoms with E-state index < -0.39 is 0 Å². The number of hydrogen-bond donors (Lipinski definition) is 2. The van der Waals surface area contributed by atoms with E-state index in [1.807, 2.05) is 31.2 Å². The smallest absolute Gasteiger partial charge is 0.142 e. The lowest BCUT2D eigenvalue weighted by Crippen LogP contribution is -2.31. The summed E-state index contributed by atoms with van der Waals surface area (Å²) in [6, 6.07) is 7.39. The summed E-state index contributed by atoms with van der Waals surface area (Å²) in [6.07, 6.45) is 0. The molecule has 0 saturated heterocycles. The van der Waals surface area contributed by atoms with Gasteiger partial charge in [0.2, 0.25) is 0 Å². The number of benzene rings is 1. The van der Waals surface area contributed by atoms with Gasteiger partial charge < -0.3 is 5.43 Å². The van der Waals surface area contributed by atoms with Crippen LogP contribution in [-0.2, 0) is 0 Å². The fourth-order valence-corrected chi connectivity index (χ4v) is 1.20. The minimum Gasteiger partial charge on any atom is -0.308 e. The van der Waals surface area contributed by atoms with Gasteiger partial charge in [-0.3, -0.25) is 4.99 Å². The summed E-state index contributed by atoms with van der Waals surface area (Å²) in [4.78, 5) is 4.18. The summed E-state index contributed by atoms with van der Waals surface area (Å²) < 4.78 is 0. The predicted molar refractivity (Wildman–Crippen MR) is 55.9 cm³/mol. The van der Waals surface area contributed by atoms with Crippen LogP contribution in [0.4, 0.5) is 0 Å². The molecule has 4 heteroatoms. The van der Waals surface area contributed by atoms with E-state index in [1.165, 1.54) is 0 Å². The van der Waals surface area contributed by atoms with Gasteiger partial charge in [-0.2, -0.15) is 0 Å². The van der Waals surface area contributed by atoms with Crippen molar-refractivity contribution in [3.63, 3.8) is 0 Å². The van der Waals surface area contributed by atoms with Gasteiger partial charge in [0.15, 0.2) is 0 Å². The standard InChI is InChI=1S/C9H12ClN3/c1-2-12-9(13-11)7-4-3-5-8(10)6-7/h3-6H,2,11H2,1H3,(H,12,13). The lowest BCUT2D eigenvalue weighted by Gasteiger charge is -2.04. The van der Waals surface area contributed by atoms with Crippen LogP contribution in [0.2, 0.25) is 5.02 Å². The van der Waals surface area contributed by atoms with Crippen LogP contribution in [-0.4, -0.2) is 12.4 Å². The maximum atomic E-state index is 5.82. The molecule has 0 bridgehead atoms. The van der Waals surface area contributed by atoms with Gasteiger partial charge in [-0.15, -0.1) is 0 Å². The SMILES string of the molecule is CCN=C(NN)c1cccc(Cl)c1. The topological polar surface area (TPSA) is 50.4 Å². The van der Waals surface area contributed by atoms with E-state index in [2.05, 4.69) is 10.4 Å². The Labute approximate surface area is 82.6 Å². The Morgan fingerprint density at radius 3 is 2.92 bits per heavy atom. The van der Waals surface area contributed by atoms with Crippen molar-refractivity contribution < 1.29 is 0 Å². The number of aliphatic imine (C=N–C) groups is 1. The Morgan fingerprint density at radius 2 is 2.38 bits per heavy atom. The molecule has 3 N–H and O–H groups in total. The van der Waals surface area contributed by atoms with Crippen LogP contribution < -0.4 is 11.3 Å². The molecule has 1 rings (SSSR count). The van der Waals surface area contributed by atoms with Gasteiger partial charge in [-0.1, -0.05) is 23.7 Å². The Bertz CT molecular complexity index is 309. The summed E-state index contributed by atoms with van der Waals surface area (Å²) in [6.45, 7) is 2.63. The van der Waals surface area contributed by atoms with Crippen LogP contribution in [0.5, 0.6) is 0 Å². The van der Waals surface area contributed by atoms with Gasteiger partial charge in [0.1, 0.15) is 5.84 Å². The Morgan fingerprint density at radius 1 is 1.62 bits per heavy atom. The molecule has 0 radical (unpaired) electrons. The zero-order chi connectivity index (χ0) is 9.68. The summed E-state index contributed by atoms with van der Waals surface area (Å²) in [5.74, 6) is 5.97. The molecule has 70 valence electrons. The zero-order valence-corrected chi connectivity index (χ0v) is 8.17. The number of halogens is 1. The van der Waals surface area contributed by atoms with Gasteiger partial charge in [-0.05, 0) is 19.1 Å². The fourth-order valence-electron chi connectivity index (χ4n) is 1.01. The summed E-state index contributed by atoms with van der Waals surface area (Å²) >= 11 is 5.82. The molecule has 0 aliphatic heterocycles. The number of rotatable bonds is 2. The minimum absolute atomic E-state index is 0.657. The van der Waals surface area contributed by atoms with Crippen molar-refractivity contribution in [2.75, 3.05) is 6.54 Å². The van der Waals surface area contributed by atoms with Crippen LogP contribution in [0.3, 0.4) is 0 Å². The van der Waals surface area contributed by atoms with Crippen LogP contribution in [0.1, 0.15) is 12.5 Å². The number of nitrogens with two attached hydrogens (primary N) is 1. The third-order valence-corrected chi connectivity index (χ3v) is 1.79. The highest BCUT2D eigenvalue weighted by atomic mass is 35.5. The molecular weight excluding hydrogens is 186 g/mol. The molecule has 0 aromatic heterocycles. The molecule has 0 spiro atoms. The van der Waals surface area contributed by atoms with Gasteiger partial charge in [-0.25, -0.2) is 5.84 Å². The number of nitrogens with one attached hydrogen (secondary N) is 1. The molecule has 0 unspecified atom stereocenters. The zero-order valence-electron chi connectivity index (χ0n) is 7.42. The fraction of sp³-hybridized carbons (Fsp3) is 0.222. The second-order valence-corrected chi connectivity index (χ2v) is 2.91. The molecule has 0 aliphatic carbocycles. The van der Waals surface area contributed by atoms with Crippen LogP contribution >= 0.6 is 11.6 Å². The molecule has 0 amide bonds. The molecule has 3 nitrogen and oxygen atoms in total. The molecule has 0 atom stereocenters. The van der Waals surface area contributed by atoms with Gasteiger partial charge >= 0.3 is 0 Å². The summed E-state index contributed by atoms with van der Waals surface area (Å²) in [7, 11) is 0. The second kappa shape index (κ2) is 4.84.